The average Bonchev–Trinajstić information content (AvgIpc) is 3.47. The standard InChI is InChI=1S/C24H35N5O5S/c1-24(31)11-2-5-20(24)29-21(30)7-6-17-16-25-23(27-22(17)29)26-18-8-12-28(13-9-18)35(32,33)15-10-19-4-3-14-34-19/h6-7,16,18-20,31H,2-5,8-15H2,1H3,(H,25,26,27)/t19-,20+,24+/m1/s1. The highest BCUT2D eigenvalue weighted by Gasteiger charge is 2.39. The zero-order valence-electron chi connectivity index (χ0n) is 20.2. The van der Waals surface area contributed by atoms with E-state index in [1.54, 1.807) is 28.1 Å². The van der Waals surface area contributed by atoms with Gasteiger partial charge in [-0.25, -0.2) is 17.7 Å². The molecule has 0 spiro atoms. The fourth-order valence-corrected chi connectivity index (χ4v) is 7.28. The first-order valence-electron chi connectivity index (χ1n) is 12.7. The van der Waals surface area contributed by atoms with Gasteiger partial charge in [-0.3, -0.25) is 9.36 Å². The Kier molecular flexibility index (Phi) is 6.86. The average molecular weight is 506 g/mol. The molecule has 3 aliphatic rings. The molecule has 2 aromatic rings. The maximum absolute atomic E-state index is 12.8. The SMILES string of the molecule is C[C@]1(O)CCC[C@@H]1n1c(=O)ccc2cnc(NC3CCN(S(=O)(=O)CC[C@H]4CCCO4)CC3)nc21. The van der Waals surface area contributed by atoms with Crippen LogP contribution in [0.2, 0.25) is 0 Å². The number of rotatable bonds is 7. The molecule has 3 atom stereocenters. The third-order valence-corrected chi connectivity index (χ3v) is 9.66. The fraction of sp³-hybridized carbons (Fsp3) is 0.708. The lowest BCUT2D eigenvalue weighted by molar-refractivity contribution is 0.0267. The molecule has 1 aliphatic carbocycles. The van der Waals surface area contributed by atoms with Gasteiger partial charge in [0.2, 0.25) is 16.0 Å². The van der Waals surface area contributed by atoms with Crippen molar-refractivity contribution in [3.05, 3.63) is 28.7 Å². The highest BCUT2D eigenvalue weighted by Crippen LogP contribution is 2.39. The molecular weight excluding hydrogens is 470 g/mol. The van der Waals surface area contributed by atoms with E-state index in [4.69, 9.17) is 4.74 Å². The van der Waals surface area contributed by atoms with Gasteiger partial charge < -0.3 is 15.2 Å². The number of nitrogens with zero attached hydrogens (tertiary/aromatic N) is 4. The number of pyridine rings is 1. The summed E-state index contributed by atoms with van der Waals surface area (Å²) in [5, 5.41) is 14.9. The van der Waals surface area contributed by atoms with Crippen molar-refractivity contribution in [3.8, 4) is 0 Å². The number of nitrogens with one attached hydrogen (secondary N) is 1. The third kappa shape index (κ3) is 5.23. The molecule has 0 bridgehead atoms. The number of hydrogen-bond donors (Lipinski definition) is 2. The molecule has 3 fully saturated rings. The zero-order chi connectivity index (χ0) is 24.6. The molecule has 35 heavy (non-hydrogen) atoms. The van der Waals surface area contributed by atoms with Crippen LogP contribution < -0.4 is 10.9 Å². The van der Waals surface area contributed by atoms with E-state index in [1.165, 1.54) is 6.07 Å². The number of fused-ring (bicyclic) bond motifs is 1. The lowest BCUT2D eigenvalue weighted by Gasteiger charge is -2.32. The number of aromatic nitrogens is 3. The summed E-state index contributed by atoms with van der Waals surface area (Å²) in [6.07, 6.45) is 7.79. The summed E-state index contributed by atoms with van der Waals surface area (Å²) in [6, 6.07) is 2.92. The first kappa shape index (κ1) is 24.6. The van der Waals surface area contributed by atoms with Crippen LogP contribution in [-0.4, -0.2) is 75.6 Å². The van der Waals surface area contributed by atoms with Crippen LogP contribution in [0, 0.1) is 0 Å². The van der Waals surface area contributed by atoms with Gasteiger partial charge in [0.05, 0.1) is 23.5 Å². The summed E-state index contributed by atoms with van der Waals surface area (Å²) >= 11 is 0. The van der Waals surface area contributed by atoms with Crippen molar-refractivity contribution in [1.29, 1.82) is 0 Å². The van der Waals surface area contributed by atoms with Crippen LogP contribution in [0.3, 0.4) is 0 Å². The molecular formula is C24H35N5O5S. The van der Waals surface area contributed by atoms with Gasteiger partial charge >= 0.3 is 0 Å². The van der Waals surface area contributed by atoms with Crippen LogP contribution in [0.15, 0.2) is 23.1 Å². The van der Waals surface area contributed by atoms with Crippen LogP contribution in [0.5, 0.6) is 0 Å². The van der Waals surface area contributed by atoms with Crippen molar-refractivity contribution < 1.29 is 18.3 Å². The van der Waals surface area contributed by atoms with E-state index >= 15 is 0 Å². The zero-order valence-corrected chi connectivity index (χ0v) is 21.0. The molecule has 2 N–H and O–H groups in total. The molecule has 11 heteroatoms. The van der Waals surface area contributed by atoms with Gasteiger partial charge in [-0.05, 0) is 64.4 Å². The minimum absolute atomic E-state index is 0.0375. The predicted octanol–water partition coefficient (Wildman–Crippen LogP) is 2.04. The number of anilines is 1. The first-order chi connectivity index (χ1) is 16.7. The highest BCUT2D eigenvalue weighted by molar-refractivity contribution is 7.89. The van der Waals surface area contributed by atoms with Crippen molar-refractivity contribution in [2.45, 2.75) is 82.1 Å². The van der Waals surface area contributed by atoms with Crippen LogP contribution in [0.4, 0.5) is 5.95 Å². The molecule has 0 amide bonds. The Hall–Kier alpha value is -2.08. The first-order valence-corrected chi connectivity index (χ1v) is 14.3. The smallest absolute Gasteiger partial charge is 0.252 e. The van der Waals surface area contributed by atoms with E-state index in [0.717, 1.165) is 37.7 Å². The lowest BCUT2D eigenvalue weighted by atomic mass is 10.00. The Morgan fingerprint density at radius 1 is 1.20 bits per heavy atom. The topological polar surface area (TPSA) is 127 Å². The van der Waals surface area contributed by atoms with Crippen molar-refractivity contribution >= 4 is 27.0 Å². The normalized spacial score (nSPS) is 28.6. The Bertz CT molecular complexity index is 1220. The molecule has 2 saturated heterocycles. The van der Waals surface area contributed by atoms with Gasteiger partial charge in [0.1, 0.15) is 5.65 Å². The number of ether oxygens (including phenoxy) is 1. The summed E-state index contributed by atoms with van der Waals surface area (Å²) in [5.74, 6) is 0.542. The van der Waals surface area contributed by atoms with E-state index in [9.17, 15) is 18.3 Å². The third-order valence-electron chi connectivity index (χ3n) is 7.76. The molecule has 0 radical (unpaired) electrons. The van der Waals surface area contributed by atoms with Gasteiger partial charge in [0.15, 0.2) is 0 Å². The molecule has 1 saturated carbocycles. The van der Waals surface area contributed by atoms with Crippen LogP contribution in [-0.2, 0) is 14.8 Å². The van der Waals surface area contributed by atoms with Gasteiger partial charge in [-0.15, -0.1) is 0 Å². The van der Waals surface area contributed by atoms with E-state index < -0.39 is 15.6 Å². The Labute approximate surface area is 205 Å². The van der Waals surface area contributed by atoms with Gasteiger partial charge in [-0.1, -0.05) is 0 Å². The largest absolute Gasteiger partial charge is 0.388 e. The second-order valence-corrected chi connectivity index (χ2v) is 12.4. The Balaban J connectivity index is 1.26. The van der Waals surface area contributed by atoms with E-state index in [-0.39, 0.29) is 29.5 Å². The summed E-state index contributed by atoms with van der Waals surface area (Å²) in [5.41, 5.74) is -0.633. The fourth-order valence-electron chi connectivity index (χ4n) is 5.69. The molecule has 2 aromatic heterocycles. The van der Waals surface area contributed by atoms with Crippen molar-refractivity contribution in [2.75, 3.05) is 30.8 Å². The Morgan fingerprint density at radius 3 is 2.69 bits per heavy atom. The summed E-state index contributed by atoms with van der Waals surface area (Å²) < 4.78 is 34.3. The van der Waals surface area contributed by atoms with Crippen LogP contribution in [0.1, 0.15) is 64.3 Å². The van der Waals surface area contributed by atoms with Crippen LogP contribution >= 0.6 is 0 Å². The predicted molar refractivity (Wildman–Crippen MR) is 133 cm³/mol. The number of piperidine rings is 1. The molecule has 10 nitrogen and oxygen atoms in total. The highest BCUT2D eigenvalue weighted by atomic mass is 32.2. The van der Waals surface area contributed by atoms with Crippen LogP contribution in [0.25, 0.3) is 11.0 Å². The monoisotopic (exact) mass is 505 g/mol. The number of hydrogen-bond acceptors (Lipinski definition) is 8. The minimum Gasteiger partial charge on any atom is -0.388 e. The number of sulfonamides is 1. The van der Waals surface area contributed by atoms with Gasteiger partial charge in [0.25, 0.3) is 5.56 Å². The van der Waals surface area contributed by atoms with E-state index in [1.807, 2.05) is 0 Å². The molecule has 2 aliphatic heterocycles. The van der Waals surface area contributed by atoms with Crippen molar-refractivity contribution in [1.82, 2.24) is 18.8 Å². The van der Waals surface area contributed by atoms with Crippen molar-refractivity contribution in [2.24, 2.45) is 0 Å². The second-order valence-electron chi connectivity index (χ2n) is 10.3. The molecule has 4 heterocycles. The van der Waals surface area contributed by atoms with Gasteiger partial charge in [-0.2, -0.15) is 4.98 Å². The maximum Gasteiger partial charge on any atom is 0.252 e. The van der Waals surface area contributed by atoms with Crippen molar-refractivity contribution in [3.63, 3.8) is 0 Å². The summed E-state index contributed by atoms with van der Waals surface area (Å²) in [6.45, 7) is 3.41. The minimum atomic E-state index is -3.29. The summed E-state index contributed by atoms with van der Waals surface area (Å²) in [4.78, 5) is 21.9. The quantitative estimate of drug-likeness (QED) is 0.585. The van der Waals surface area contributed by atoms with E-state index in [2.05, 4.69) is 15.3 Å². The molecule has 0 unspecified atom stereocenters. The summed E-state index contributed by atoms with van der Waals surface area (Å²) in [7, 11) is -3.29. The maximum atomic E-state index is 12.8. The number of aliphatic hydroxyl groups is 1. The second kappa shape index (κ2) is 9.76. The van der Waals surface area contributed by atoms with Gasteiger partial charge in [0, 0.05) is 43.4 Å². The molecule has 5 rings (SSSR count). The lowest BCUT2D eigenvalue weighted by Crippen LogP contribution is -2.43. The molecule has 0 aromatic carbocycles. The van der Waals surface area contributed by atoms with E-state index in [0.29, 0.717) is 50.4 Å². The Morgan fingerprint density at radius 2 is 2.00 bits per heavy atom. The molecule has 192 valence electrons.